The maximum absolute atomic E-state index is 10.6. The van der Waals surface area contributed by atoms with Gasteiger partial charge in [-0.1, -0.05) is 19.3 Å². The van der Waals surface area contributed by atoms with Gasteiger partial charge in [-0.05, 0) is 55.9 Å². The first kappa shape index (κ1) is 21.2. The number of carbonyl (C=O) groups is 1. The number of rotatable bonds is 11. The Hall–Kier alpha value is -2.08. The smallest absolute Gasteiger partial charge is 0.120 e. The molecule has 6 heteroatoms. The van der Waals surface area contributed by atoms with E-state index in [1.54, 1.807) is 5.01 Å². The Morgan fingerprint density at radius 2 is 2.11 bits per heavy atom. The van der Waals surface area contributed by atoms with Gasteiger partial charge in [-0.3, -0.25) is 10.4 Å². The molecule has 1 aliphatic carbocycles. The number of carbonyl (C=O) groups excluding carboxylic acids is 1. The Kier molecular flexibility index (Phi) is 9.11. The highest BCUT2D eigenvalue weighted by Gasteiger charge is 2.20. The van der Waals surface area contributed by atoms with E-state index < -0.39 is 0 Å². The van der Waals surface area contributed by atoms with Crippen molar-refractivity contribution in [3.63, 3.8) is 0 Å². The lowest BCUT2D eigenvalue weighted by atomic mass is 9.95. The summed E-state index contributed by atoms with van der Waals surface area (Å²) >= 11 is 0. The first-order valence-electron chi connectivity index (χ1n) is 10.1. The van der Waals surface area contributed by atoms with Gasteiger partial charge in [0.1, 0.15) is 17.9 Å². The Balaban J connectivity index is 1.70. The molecule has 150 valence electrons. The predicted molar refractivity (Wildman–Crippen MR) is 110 cm³/mol. The van der Waals surface area contributed by atoms with E-state index in [1.807, 2.05) is 25.2 Å². The van der Waals surface area contributed by atoms with Gasteiger partial charge in [0.05, 0.1) is 6.61 Å². The van der Waals surface area contributed by atoms with E-state index in [9.17, 15) is 4.79 Å². The Morgan fingerprint density at radius 3 is 2.81 bits per heavy atom. The van der Waals surface area contributed by atoms with Gasteiger partial charge >= 0.3 is 0 Å². The molecule has 0 spiro atoms. The molecule has 1 aromatic rings. The minimum Gasteiger partial charge on any atom is -0.494 e. The number of anilines is 1. The molecular formula is C21H34N4O2. The molecule has 0 heterocycles. The normalized spacial score (nSPS) is 14.6. The number of aldehydes is 1. The van der Waals surface area contributed by atoms with Crippen LogP contribution in [0.4, 0.5) is 5.69 Å². The summed E-state index contributed by atoms with van der Waals surface area (Å²) in [4.78, 5) is 10.6. The third-order valence-corrected chi connectivity index (χ3v) is 5.23. The van der Waals surface area contributed by atoms with Crippen LogP contribution in [0.3, 0.4) is 0 Å². The lowest BCUT2D eigenvalue weighted by Gasteiger charge is -2.32. The zero-order valence-electron chi connectivity index (χ0n) is 16.5. The highest BCUT2D eigenvalue weighted by Crippen LogP contribution is 2.24. The predicted octanol–water partition coefficient (Wildman–Crippen LogP) is 3.89. The van der Waals surface area contributed by atoms with Crippen LogP contribution in [0, 0.1) is 5.41 Å². The number of hydrazine groups is 1. The molecule has 1 fully saturated rings. The molecular weight excluding hydrogens is 340 g/mol. The van der Waals surface area contributed by atoms with Crippen LogP contribution in [-0.2, 0) is 11.2 Å². The third kappa shape index (κ3) is 6.86. The molecule has 0 atom stereocenters. The van der Waals surface area contributed by atoms with Crippen LogP contribution in [0.15, 0.2) is 18.2 Å². The summed E-state index contributed by atoms with van der Waals surface area (Å²) in [5.74, 6) is 7.49. The molecule has 0 unspecified atom stereocenters. The molecule has 0 aromatic heterocycles. The van der Waals surface area contributed by atoms with Gasteiger partial charge in [0.2, 0.25) is 0 Å². The van der Waals surface area contributed by atoms with Crippen LogP contribution in [0.5, 0.6) is 5.75 Å². The average Bonchev–Trinajstić information content (AvgIpc) is 2.72. The van der Waals surface area contributed by atoms with E-state index >= 15 is 0 Å². The minimum atomic E-state index is 0.345. The number of unbranched alkanes of at least 4 members (excludes halogenated alkanes) is 1. The van der Waals surface area contributed by atoms with E-state index in [1.165, 1.54) is 19.3 Å². The van der Waals surface area contributed by atoms with Crippen molar-refractivity contribution in [2.75, 3.05) is 19.0 Å². The fourth-order valence-electron chi connectivity index (χ4n) is 3.62. The lowest BCUT2D eigenvalue weighted by molar-refractivity contribution is -0.107. The fourth-order valence-corrected chi connectivity index (χ4v) is 3.62. The first-order chi connectivity index (χ1) is 13.2. The van der Waals surface area contributed by atoms with Crippen LogP contribution >= 0.6 is 0 Å². The highest BCUT2D eigenvalue weighted by molar-refractivity contribution is 5.78. The number of ether oxygens (including phenoxy) is 1. The van der Waals surface area contributed by atoms with Gasteiger partial charge in [-0.25, -0.2) is 5.84 Å². The molecule has 27 heavy (non-hydrogen) atoms. The van der Waals surface area contributed by atoms with Crippen molar-refractivity contribution in [1.82, 2.24) is 5.01 Å². The van der Waals surface area contributed by atoms with E-state index in [2.05, 4.69) is 5.32 Å². The molecule has 1 saturated carbocycles. The molecule has 2 rings (SSSR count). The van der Waals surface area contributed by atoms with Crippen LogP contribution < -0.4 is 15.9 Å². The molecule has 6 nitrogen and oxygen atoms in total. The number of nitrogens with two attached hydrogens (primary N) is 1. The zero-order chi connectivity index (χ0) is 19.5. The Bertz CT molecular complexity index is 600. The van der Waals surface area contributed by atoms with Crippen molar-refractivity contribution in [1.29, 1.82) is 5.41 Å². The SMILES string of the molecule is CNc1ccc(OCCCCC(=N)N(N)C2CCCCC2)cc1CCC=O. The second kappa shape index (κ2) is 11.6. The molecule has 1 aromatic carbocycles. The minimum absolute atomic E-state index is 0.345. The van der Waals surface area contributed by atoms with E-state index in [0.29, 0.717) is 37.7 Å². The second-order valence-corrected chi connectivity index (χ2v) is 7.23. The maximum Gasteiger partial charge on any atom is 0.120 e. The first-order valence-corrected chi connectivity index (χ1v) is 10.1. The van der Waals surface area contributed by atoms with Crippen LogP contribution in [-0.4, -0.2) is 36.8 Å². The number of aryl methyl sites for hydroxylation is 1. The topological polar surface area (TPSA) is 91.4 Å². The summed E-state index contributed by atoms with van der Waals surface area (Å²) in [6.07, 6.45) is 10.6. The largest absolute Gasteiger partial charge is 0.494 e. The van der Waals surface area contributed by atoms with Gasteiger partial charge in [-0.2, -0.15) is 0 Å². The van der Waals surface area contributed by atoms with Crippen molar-refractivity contribution >= 4 is 17.8 Å². The summed E-state index contributed by atoms with van der Waals surface area (Å²) in [5.41, 5.74) is 2.12. The van der Waals surface area contributed by atoms with Gasteiger partial charge < -0.3 is 14.8 Å². The third-order valence-electron chi connectivity index (χ3n) is 5.23. The second-order valence-electron chi connectivity index (χ2n) is 7.23. The Morgan fingerprint density at radius 1 is 1.33 bits per heavy atom. The van der Waals surface area contributed by atoms with Gasteiger partial charge in [0, 0.05) is 31.6 Å². The van der Waals surface area contributed by atoms with E-state index in [4.69, 9.17) is 16.0 Å². The molecule has 0 radical (unpaired) electrons. The van der Waals surface area contributed by atoms with Crippen molar-refractivity contribution < 1.29 is 9.53 Å². The summed E-state index contributed by atoms with van der Waals surface area (Å²) in [6, 6.07) is 6.28. The number of nitrogens with one attached hydrogen (secondary N) is 2. The van der Waals surface area contributed by atoms with Crippen molar-refractivity contribution in [2.24, 2.45) is 5.84 Å². The summed E-state index contributed by atoms with van der Waals surface area (Å²) in [7, 11) is 1.88. The van der Waals surface area contributed by atoms with Gasteiger partial charge in [-0.15, -0.1) is 0 Å². The van der Waals surface area contributed by atoms with Crippen LogP contribution in [0.2, 0.25) is 0 Å². The number of hydrogen-bond donors (Lipinski definition) is 3. The fraction of sp³-hybridized carbons (Fsp3) is 0.619. The lowest BCUT2D eigenvalue weighted by Crippen LogP contribution is -2.46. The van der Waals surface area contributed by atoms with Crippen LogP contribution in [0.25, 0.3) is 0 Å². The summed E-state index contributed by atoms with van der Waals surface area (Å²) in [6.45, 7) is 0.618. The Labute approximate surface area is 162 Å². The van der Waals surface area contributed by atoms with E-state index in [-0.39, 0.29) is 0 Å². The molecule has 0 aliphatic heterocycles. The number of benzene rings is 1. The standard InChI is InChI=1S/C21H34N4O2/c1-24-20-13-12-19(16-17(20)8-7-14-26)27-15-6-5-11-21(22)25(23)18-9-3-2-4-10-18/h12-14,16,18,22,24H,2-11,15,23H2,1H3. The highest BCUT2D eigenvalue weighted by atomic mass is 16.5. The monoisotopic (exact) mass is 374 g/mol. The van der Waals surface area contributed by atoms with Gasteiger partial charge in [0.15, 0.2) is 0 Å². The molecule has 0 bridgehead atoms. The van der Waals surface area contributed by atoms with Crippen LogP contribution in [0.1, 0.15) is 63.4 Å². The van der Waals surface area contributed by atoms with Gasteiger partial charge in [0.25, 0.3) is 0 Å². The van der Waals surface area contributed by atoms with Crippen molar-refractivity contribution in [3.8, 4) is 5.75 Å². The average molecular weight is 375 g/mol. The zero-order valence-corrected chi connectivity index (χ0v) is 16.5. The molecule has 1 aliphatic rings. The number of amidine groups is 1. The summed E-state index contributed by atoms with van der Waals surface area (Å²) in [5, 5.41) is 13.0. The van der Waals surface area contributed by atoms with Crippen molar-refractivity contribution in [3.05, 3.63) is 23.8 Å². The van der Waals surface area contributed by atoms with E-state index in [0.717, 1.165) is 49.0 Å². The summed E-state index contributed by atoms with van der Waals surface area (Å²) < 4.78 is 5.85. The molecule has 0 amide bonds. The maximum atomic E-state index is 10.6. The number of nitrogens with zero attached hydrogens (tertiary/aromatic N) is 1. The van der Waals surface area contributed by atoms with Crippen molar-refractivity contribution in [2.45, 2.75) is 70.3 Å². The number of hydrogen-bond acceptors (Lipinski definition) is 5. The molecule has 0 saturated heterocycles. The molecule has 4 N–H and O–H groups in total. The quantitative estimate of drug-likeness (QED) is 0.136.